The van der Waals surface area contributed by atoms with Gasteiger partial charge in [0.2, 0.25) is 5.91 Å². The Labute approximate surface area is 143 Å². The Hall–Kier alpha value is -2.73. The summed E-state index contributed by atoms with van der Waals surface area (Å²) in [6.07, 6.45) is 1.12. The van der Waals surface area contributed by atoms with E-state index in [9.17, 15) is 18.7 Å². The van der Waals surface area contributed by atoms with E-state index in [-0.39, 0.29) is 18.1 Å². The predicted molar refractivity (Wildman–Crippen MR) is 90.9 cm³/mol. The van der Waals surface area contributed by atoms with Crippen molar-refractivity contribution in [3.05, 3.63) is 71.4 Å². The van der Waals surface area contributed by atoms with Crippen molar-refractivity contribution in [1.29, 1.82) is 0 Å². The second-order valence-corrected chi connectivity index (χ2v) is 5.88. The lowest BCUT2D eigenvalue weighted by Crippen LogP contribution is -2.27. The molecule has 0 aliphatic rings. The maximum Gasteiger partial charge on any atom is 0.222 e. The lowest BCUT2D eigenvalue weighted by Gasteiger charge is -2.11. The first kappa shape index (κ1) is 17.1. The molecule has 3 rings (SSSR count). The van der Waals surface area contributed by atoms with E-state index in [2.05, 4.69) is 10.3 Å². The summed E-state index contributed by atoms with van der Waals surface area (Å²) in [5, 5.41) is 13.5. The van der Waals surface area contributed by atoms with Crippen LogP contribution in [0.2, 0.25) is 0 Å². The molecule has 130 valence electrons. The van der Waals surface area contributed by atoms with Crippen molar-refractivity contribution in [2.45, 2.75) is 18.9 Å². The first-order valence-corrected chi connectivity index (χ1v) is 7.98. The standard InChI is InChI=1S/C19H18F2N2O2/c20-14-3-1-2-12(8-14)18(24)10-19(25)22-7-6-13-11-23-17-5-4-15(21)9-16(13)17/h1-5,8-9,11,18,23-24H,6-7,10H2,(H,22,25). The summed E-state index contributed by atoms with van der Waals surface area (Å²) in [6, 6.07) is 10.1. The number of benzene rings is 2. The number of carbonyl (C=O) groups excluding carboxylic acids is 1. The number of rotatable bonds is 6. The summed E-state index contributed by atoms with van der Waals surface area (Å²) >= 11 is 0. The lowest BCUT2D eigenvalue weighted by atomic mass is 10.1. The monoisotopic (exact) mass is 344 g/mol. The van der Waals surface area contributed by atoms with Gasteiger partial charge in [-0.15, -0.1) is 0 Å². The summed E-state index contributed by atoms with van der Waals surface area (Å²) < 4.78 is 26.5. The molecule has 0 saturated carbocycles. The molecule has 1 aromatic heterocycles. The number of halogens is 2. The van der Waals surface area contributed by atoms with Crippen LogP contribution in [0.15, 0.2) is 48.7 Å². The van der Waals surface area contributed by atoms with Gasteiger partial charge in [-0.3, -0.25) is 4.79 Å². The van der Waals surface area contributed by atoms with Crippen molar-refractivity contribution < 1.29 is 18.7 Å². The lowest BCUT2D eigenvalue weighted by molar-refractivity contribution is -0.123. The molecular formula is C19H18F2N2O2. The molecule has 3 aromatic rings. The number of hydrogen-bond acceptors (Lipinski definition) is 2. The summed E-state index contributed by atoms with van der Waals surface area (Å²) in [5.41, 5.74) is 2.10. The molecule has 0 radical (unpaired) electrons. The topological polar surface area (TPSA) is 65.1 Å². The van der Waals surface area contributed by atoms with Crippen molar-refractivity contribution in [2.24, 2.45) is 0 Å². The SMILES string of the molecule is O=C(CC(O)c1cccc(F)c1)NCCc1c[nH]c2ccc(F)cc12. The van der Waals surface area contributed by atoms with E-state index >= 15 is 0 Å². The zero-order valence-electron chi connectivity index (χ0n) is 13.4. The summed E-state index contributed by atoms with van der Waals surface area (Å²) in [4.78, 5) is 15.0. The van der Waals surface area contributed by atoms with Crippen LogP contribution in [0.3, 0.4) is 0 Å². The number of fused-ring (bicyclic) bond motifs is 1. The van der Waals surface area contributed by atoms with E-state index in [4.69, 9.17) is 0 Å². The summed E-state index contributed by atoms with van der Waals surface area (Å²) in [5.74, 6) is -1.10. The third kappa shape index (κ3) is 4.22. The average Bonchev–Trinajstić information content (AvgIpc) is 2.97. The van der Waals surface area contributed by atoms with Crippen LogP contribution in [0.25, 0.3) is 10.9 Å². The number of aromatic amines is 1. The van der Waals surface area contributed by atoms with Gasteiger partial charge in [0.25, 0.3) is 0 Å². The molecule has 6 heteroatoms. The molecular weight excluding hydrogens is 326 g/mol. The van der Waals surface area contributed by atoms with Crippen molar-refractivity contribution in [3.63, 3.8) is 0 Å². The molecule has 0 aliphatic heterocycles. The van der Waals surface area contributed by atoms with Crippen molar-refractivity contribution in [1.82, 2.24) is 10.3 Å². The van der Waals surface area contributed by atoms with Gasteiger partial charge in [-0.2, -0.15) is 0 Å². The molecule has 25 heavy (non-hydrogen) atoms. The number of nitrogens with one attached hydrogen (secondary N) is 2. The normalized spacial score (nSPS) is 12.3. The van der Waals surface area contributed by atoms with E-state index in [1.54, 1.807) is 18.3 Å². The molecule has 0 bridgehead atoms. The Kier molecular flexibility index (Phi) is 5.09. The van der Waals surface area contributed by atoms with Gasteiger partial charge in [0.15, 0.2) is 0 Å². The van der Waals surface area contributed by atoms with Gasteiger partial charge in [0.1, 0.15) is 11.6 Å². The average molecular weight is 344 g/mol. The smallest absolute Gasteiger partial charge is 0.222 e. The zero-order chi connectivity index (χ0) is 17.8. The quantitative estimate of drug-likeness (QED) is 0.643. The molecule has 1 unspecified atom stereocenters. The predicted octanol–water partition coefficient (Wildman–Crippen LogP) is 3.23. The number of aliphatic hydroxyl groups is 1. The Morgan fingerprint density at radius 3 is 2.76 bits per heavy atom. The maximum atomic E-state index is 13.3. The Bertz CT molecular complexity index is 892. The zero-order valence-corrected chi connectivity index (χ0v) is 13.4. The third-order valence-electron chi connectivity index (χ3n) is 4.06. The summed E-state index contributed by atoms with van der Waals surface area (Å²) in [6.45, 7) is 0.359. The van der Waals surface area contributed by atoms with Crippen LogP contribution < -0.4 is 5.32 Å². The highest BCUT2D eigenvalue weighted by Gasteiger charge is 2.13. The highest BCUT2D eigenvalue weighted by atomic mass is 19.1. The first-order valence-electron chi connectivity index (χ1n) is 7.98. The number of H-pyrrole nitrogens is 1. The molecule has 1 amide bonds. The van der Waals surface area contributed by atoms with Gasteiger partial charge in [0, 0.05) is 23.6 Å². The molecule has 0 fully saturated rings. The van der Waals surface area contributed by atoms with Crippen molar-refractivity contribution in [2.75, 3.05) is 6.54 Å². The Morgan fingerprint density at radius 1 is 1.16 bits per heavy atom. The maximum absolute atomic E-state index is 13.3. The second kappa shape index (κ2) is 7.44. The molecule has 4 nitrogen and oxygen atoms in total. The van der Waals surface area contributed by atoms with Crippen molar-refractivity contribution in [3.8, 4) is 0 Å². The van der Waals surface area contributed by atoms with Crippen LogP contribution in [0.4, 0.5) is 8.78 Å². The molecule has 3 N–H and O–H groups in total. The van der Waals surface area contributed by atoms with Gasteiger partial charge in [-0.05, 0) is 47.9 Å². The fourth-order valence-electron chi connectivity index (χ4n) is 2.77. The van der Waals surface area contributed by atoms with E-state index in [0.717, 1.165) is 16.5 Å². The number of carbonyl (C=O) groups is 1. The number of aliphatic hydroxyl groups excluding tert-OH is 1. The van der Waals surface area contributed by atoms with Crippen LogP contribution >= 0.6 is 0 Å². The highest BCUT2D eigenvalue weighted by Crippen LogP contribution is 2.20. The minimum atomic E-state index is -1.06. The van der Waals surface area contributed by atoms with E-state index < -0.39 is 11.9 Å². The second-order valence-electron chi connectivity index (χ2n) is 5.88. The van der Waals surface area contributed by atoms with E-state index in [0.29, 0.717) is 18.5 Å². The molecule has 0 spiro atoms. The van der Waals surface area contributed by atoms with Crippen LogP contribution in [0, 0.1) is 11.6 Å². The Morgan fingerprint density at radius 2 is 1.96 bits per heavy atom. The fraction of sp³-hybridized carbons (Fsp3) is 0.211. The molecule has 1 heterocycles. The van der Waals surface area contributed by atoms with E-state index in [1.807, 2.05) is 0 Å². The van der Waals surface area contributed by atoms with Gasteiger partial charge >= 0.3 is 0 Å². The van der Waals surface area contributed by atoms with Crippen LogP contribution in [0.1, 0.15) is 23.7 Å². The fourth-order valence-corrected chi connectivity index (χ4v) is 2.77. The molecule has 2 aromatic carbocycles. The minimum Gasteiger partial charge on any atom is -0.388 e. The molecule has 1 atom stereocenters. The van der Waals surface area contributed by atoms with Gasteiger partial charge in [-0.1, -0.05) is 12.1 Å². The number of aromatic nitrogens is 1. The highest BCUT2D eigenvalue weighted by molar-refractivity contribution is 5.83. The van der Waals surface area contributed by atoms with Gasteiger partial charge < -0.3 is 15.4 Å². The Balaban J connectivity index is 1.53. The number of hydrogen-bond donors (Lipinski definition) is 3. The third-order valence-corrected chi connectivity index (χ3v) is 4.06. The van der Waals surface area contributed by atoms with Crippen LogP contribution in [0.5, 0.6) is 0 Å². The minimum absolute atomic E-state index is 0.147. The molecule has 0 aliphatic carbocycles. The first-order chi connectivity index (χ1) is 12.0. The van der Waals surface area contributed by atoms with Crippen LogP contribution in [-0.2, 0) is 11.2 Å². The van der Waals surface area contributed by atoms with E-state index in [1.165, 1.54) is 30.3 Å². The largest absolute Gasteiger partial charge is 0.388 e. The van der Waals surface area contributed by atoms with Crippen molar-refractivity contribution >= 4 is 16.8 Å². The van der Waals surface area contributed by atoms with Crippen LogP contribution in [-0.4, -0.2) is 22.5 Å². The number of amides is 1. The van der Waals surface area contributed by atoms with Gasteiger partial charge in [0.05, 0.1) is 12.5 Å². The molecule has 0 saturated heterocycles. The van der Waals surface area contributed by atoms with Gasteiger partial charge in [-0.25, -0.2) is 8.78 Å². The summed E-state index contributed by atoms with van der Waals surface area (Å²) in [7, 11) is 0.